The van der Waals surface area contributed by atoms with Gasteiger partial charge in [0.05, 0.1) is 0 Å². The molecule has 30 heavy (non-hydrogen) atoms. The lowest BCUT2D eigenvalue weighted by molar-refractivity contribution is -0.133. The number of carbonyl (C=O) groups excluding carboxylic acids is 1. The smallest absolute Gasteiger partial charge is 0.248 e. The molecule has 1 amide bonds. The van der Waals surface area contributed by atoms with Crippen LogP contribution in [0.5, 0.6) is 0 Å². The molecule has 1 unspecified atom stereocenters. The van der Waals surface area contributed by atoms with Gasteiger partial charge < -0.3 is 20.1 Å². The van der Waals surface area contributed by atoms with Crippen molar-refractivity contribution < 1.29 is 9.32 Å². The zero-order chi connectivity index (χ0) is 20.8. The molecule has 3 rings (SSSR count). The second-order valence-electron chi connectivity index (χ2n) is 7.29. The summed E-state index contributed by atoms with van der Waals surface area (Å²) >= 11 is 6.02. The van der Waals surface area contributed by atoms with Crippen LogP contribution in [-0.2, 0) is 11.3 Å². The lowest BCUT2D eigenvalue weighted by Gasteiger charge is -2.20. The maximum absolute atomic E-state index is 12.2. The Morgan fingerprint density at radius 2 is 2.23 bits per heavy atom. The van der Waals surface area contributed by atoms with Crippen LogP contribution < -0.4 is 10.6 Å². The molecule has 0 spiro atoms. The number of nitrogens with one attached hydrogen (secondary N) is 2. The summed E-state index contributed by atoms with van der Waals surface area (Å²) in [4.78, 5) is 23.0. The molecule has 1 aromatic heterocycles. The van der Waals surface area contributed by atoms with Gasteiger partial charge in [-0.25, -0.2) is 4.99 Å². The first kappa shape index (κ1) is 24.4. The first-order valence-electron chi connectivity index (χ1n) is 9.88. The molecule has 0 aliphatic carbocycles. The Balaban J connectivity index is 0.00000320. The van der Waals surface area contributed by atoms with E-state index in [2.05, 4.69) is 25.8 Å². The Kier molecular flexibility index (Phi) is 9.35. The number of hydrogen-bond donors (Lipinski definition) is 2. The van der Waals surface area contributed by atoms with Gasteiger partial charge in [0.25, 0.3) is 0 Å². The Morgan fingerprint density at radius 3 is 2.93 bits per heavy atom. The summed E-state index contributed by atoms with van der Waals surface area (Å²) in [5.41, 5.74) is 0.794. The molecule has 10 heteroatoms. The number of nitrogens with zero attached hydrogens (tertiary/aromatic N) is 4. The van der Waals surface area contributed by atoms with E-state index < -0.39 is 0 Å². The summed E-state index contributed by atoms with van der Waals surface area (Å²) < 4.78 is 5.31. The average Bonchev–Trinajstić information content (AvgIpc) is 3.35. The fourth-order valence-electron chi connectivity index (χ4n) is 3.17. The van der Waals surface area contributed by atoms with Gasteiger partial charge >= 0.3 is 0 Å². The highest BCUT2D eigenvalue weighted by Crippen LogP contribution is 2.20. The standard InChI is InChI=1S/C20H27ClN6O2.HI/c1-4-22-20(24-16-8-9-27(12-16)19(28)13(2)3)23-11-17-25-18(26-29-17)14-6-5-7-15(21)10-14;/h5-7,10,13,16H,4,8-9,11-12H2,1-3H3,(H2,22,23,24);1H. The van der Waals surface area contributed by atoms with Crippen molar-refractivity contribution in [3.05, 3.63) is 35.2 Å². The predicted molar refractivity (Wildman–Crippen MR) is 128 cm³/mol. The van der Waals surface area contributed by atoms with Crippen LogP contribution in [0, 0.1) is 5.92 Å². The summed E-state index contributed by atoms with van der Waals surface area (Å²) in [5.74, 6) is 1.77. The molecular weight excluding hydrogens is 519 g/mol. The number of benzene rings is 1. The second kappa shape index (κ2) is 11.5. The van der Waals surface area contributed by atoms with E-state index in [1.54, 1.807) is 12.1 Å². The van der Waals surface area contributed by atoms with E-state index >= 15 is 0 Å². The van der Waals surface area contributed by atoms with Crippen molar-refractivity contribution >= 4 is 47.4 Å². The third-order valence-electron chi connectivity index (χ3n) is 4.60. The first-order chi connectivity index (χ1) is 14.0. The van der Waals surface area contributed by atoms with Gasteiger partial charge in [0.15, 0.2) is 5.96 Å². The zero-order valence-electron chi connectivity index (χ0n) is 17.4. The average molecular weight is 547 g/mol. The quantitative estimate of drug-likeness (QED) is 0.328. The van der Waals surface area contributed by atoms with Crippen LogP contribution in [0.4, 0.5) is 0 Å². The van der Waals surface area contributed by atoms with Gasteiger partial charge in [-0.3, -0.25) is 4.79 Å². The maximum atomic E-state index is 12.2. The van der Waals surface area contributed by atoms with E-state index in [0.29, 0.717) is 29.2 Å². The number of amides is 1. The van der Waals surface area contributed by atoms with Gasteiger partial charge in [-0.15, -0.1) is 24.0 Å². The summed E-state index contributed by atoms with van der Waals surface area (Å²) in [6.45, 7) is 8.29. The van der Waals surface area contributed by atoms with Crippen LogP contribution >= 0.6 is 35.6 Å². The molecule has 164 valence electrons. The molecule has 1 atom stereocenters. The van der Waals surface area contributed by atoms with E-state index in [9.17, 15) is 4.79 Å². The van der Waals surface area contributed by atoms with Crippen LogP contribution in [-0.4, -0.2) is 52.6 Å². The summed E-state index contributed by atoms with van der Waals surface area (Å²) in [6, 6.07) is 7.47. The highest BCUT2D eigenvalue weighted by Gasteiger charge is 2.28. The Hall–Kier alpha value is -1.88. The molecule has 8 nitrogen and oxygen atoms in total. The number of guanidine groups is 1. The molecule has 2 aromatic rings. The van der Waals surface area contributed by atoms with Crippen molar-refractivity contribution in [1.29, 1.82) is 0 Å². The normalized spacial score (nSPS) is 16.5. The summed E-state index contributed by atoms with van der Waals surface area (Å²) in [7, 11) is 0. The minimum Gasteiger partial charge on any atom is -0.357 e. The molecule has 1 aromatic carbocycles. The Morgan fingerprint density at radius 1 is 1.43 bits per heavy atom. The van der Waals surface area contributed by atoms with Crippen LogP contribution in [0.1, 0.15) is 33.1 Å². The highest BCUT2D eigenvalue weighted by molar-refractivity contribution is 14.0. The number of hydrogen-bond acceptors (Lipinski definition) is 5. The molecular formula is C20H28ClIN6O2. The molecule has 1 saturated heterocycles. The molecule has 1 aliphatic heterocycles. The van der Waals surface area contributed by atoms with Crippen LogP contribution in [0.25, 0.3) is 11.4 Å². The molecule has 0 saturated carbocycles. The van der Waals surface area contributed by atoms with Crippen molar-refractivity contribution in [3.63, 3.8) is 0 Å². The third-order valence-corrected chi connectivity index (χ3v) is 4.84. The summed E-state index contributed by atoms with van der Waals surface area (Å²) in [6.07, 6.45) is 0.891. The van der Waals surface area contributed by atoms with Gasteiger partial charge in [0, 0.05) is 42.2 Å². The topological polar surface area (TPSA) is 95.7 Å². The van der Waals surface area contributed by atoms with E-state index in [1.807, 2.05) is 37.8 Å². The van der Waals surface area contributed by atoms with Crippen LogP contribution in [0.3, 0.4) is 0 Å². The van der Waals surface area contributed by atoms with Crippen molar-refractivity contribution in [3.8, 4) is 11.4 Å². The lowest BCUT2D eigenvalue weighted by atomic mass is 10.2. The van der Waals surface area contributed by atoms with Crippen LogP contribution in [0.2, 0.25) is 5.02 Å². The highest BCUT2D eigenvalue weighted by atomic mass is 127. The van der Waals surface area contributed by atoms with Crippen LogP contribution in [0.15, 0.2) is 33.8 Å². The molecule has 1 fully saturated rings. The Labute approximate surface area is 198 Å². The number of halogens is 2. The predicted octanol–water partition coefficient (Wildman–Crippen LogP) is 3.32. The minimum atomic E-state index is 0. The molecule has 2 heterocycles. The van der Waals surface area contributed by atoms with Gasteiger partial charge in [-0.1, -0.05) is 42.7 Å². The molecule has 1 aliphatic rings. The van der Waals surface area contributed by atoms with Gasteiger partial charge in [0.2, 0.25) is 17.6 Å². The monoisotopic (exact) mass is 546 g/mol. The largest absolute Gasteiger partial charge is 0.357 e. The van der Waals surface area contributed by atoms with E-state index in [-0.39, 0.29) is 48.4 Å². The van der Waals surface area contributed by atoms with E-state index in [0.717, 1.165) is 25.1 Å². The third kappa shape index (κ3) is 6.56. The van der Waals surface area contributed by atoms with E-state index in [4.69, 9.17) is 16.1 Å². The fraction of sp³-hybridized carbons (Fsp3) is 0.500. The number of rotatable bonds is 6. The second-order valence-corrected chi connectivity index (χ2v) is 7.72. The van der Waals surface area contributed by atoms with Crippen molar-refractivity contribution in [2.45, 2.75) is 39.8 Å². The fourth-order valence-corrected chi connectivity index (χ4v) is 3.36. The Bertz CT molecular complexity index is 872. The molecule has 0 bridgehead atoms. The van der Waals surface area contributed by atoms with Gasteiger partial charge in [-0.2, -0.15) is 4.98 Å². The minimum absolute atomic E-state index is 0. The van der Waals surface area contributed by atoms with E-state index in [1.165, 1.54) is 0 Å². The number of carbonyl (C=O) groups is 1. The summed E-state index contributed by atoms with van der Waals surface area (Å²) in [5, 5.41) is 11.2. The number of likely N-dealkylation sites (tertiary alicyclic amines) is 1. The SMILES string of the molecule is CCNC(=NCc1nc(-c2cccc(Cl)c2)no1)NC1CCN(C(=O)C(C)C)C1.I. The van der Waals surface area contributed by atoms with Gasteiger partial charge in [-0.05, 0) is 25.5 Å². The zero-order valence-corrected chi connectivity index (χ0v) is 20.5. The maximum Gasteiger partial charge on any atom is 0.248 e. The van der Waals surface area contributed by atoms with Crippen molar-refractivity contribution in [2.24, 2.45) is 10.9 Å². The first-order valence-corrected chi connectivity index (χ1v) is 10.3. The van der Waals surface area contributed by atoms with Gasteiger partial charge in [0.1, 0.15) is 6.54 Å². The van der Waals surface area contributed by atoms with Crippen molar-refractivity contribution in [2.75, 3.05) is 19.6 Å². The number of aliphatic imine (C=N–C) groups is 1. The lowest BCUT2D eigenvalue weighted by Crippen LogP contribution is -2.45. The molecule has 0 radical (unpaired) electrons. The van der Waals surface area contributed by atoms with Crippen molar-refractivity contribution in [1.82, 2.24) is 25.7 Å². The molecule has 2 N–H and O–H groups in total. The number of aromatic nitrogens is 2.